The standard InChI is InChI=1S/C58H109NO5/c1-3-5-7-9-11-13-15-17-19-21-23-25-27-28-29-30-32-33-35-37-39-41-43-45-47-49-51-55(61)57(63)54(53-60)59-58(64)56(62)52-50-48-46-44-42-40-38-36-34-31-26-24-22-20-18-16-14-12-10-8-6-4-2/h24,26,34-37,43,45,54-57,60-63H,3-23,25,27-33,38-42,44,46-53H2,1-2H3,(H,59,64)/b26-24-,36-34-,37-35+,45-43+. The van der Waals surface area contributed by atoms with Crippen molar-refractivity contribution in [2.75, 3.05) is 6.61 Å². The third-order valence-electron chi connectivity index (χ3n) is 13.0. The van der Waals surface area contributed by atoms with Gasteiger partial charge in [-0.1, -0.05) is 249 Å². The first-order valence-electron chi connectivity index (χ1n) is 28.0. The third-order valence-corrected chi connectivity index (χ3v) is 13.0. The van der Waals surface area contributed by atoms with Crippen LogP contribution in [0.25, 0.3) is 0 Å². The molecule has 5 N–H and O–H groups in total. The molecule has 0 fully saturated rings. The summed E-state index contributed by atoms with van der Waals surface area (Å²) >= 11 is 0. The quantitative estimate of drug-likeness (QED) is 0.0309. The van der Waals surface area contributed by atoms with E-state index in [0.717, 1.165) is 57.8 Å². The Bertz CT molecular complexity index is 1060. The highest BCUT2D eigenvalue weighted by Gasteiger charge is 2.28. The molecular formula is C58H109NO5. The Morgan fingerprint density at radius 2 is 0.703 bits per heavy atom. The van der Waals surface area contributed by atoms with Gasteiger partial charge in [-0.05, 0) is 83.5 Å². The molecule has 0 aromatic carbocycles. The van der Waals surface area contributed by atoms with E-state index in [2.05, 4.69) is 67.8 Å². The smallest absolute Gasteiger partial charge is 0.249 e. The van der Waals surface area contributed by atoms with E-state index < -0.39 is 36.9 Å². The van der Waals surface area contributed by atoms with E-state index >= 15 is 0 Å². The molecule has 0 aliphatic rings. The molecule has 0 rings (SSSR count). The fourth-order valence-corrected chi connectivity index (χ4v) is 8.57. The van der Waals surface area contributed by atoms with Gasteiger partial charge in [-0.15, -0.1) is 0 Å². The molecule has 4 unspecified atom stereocenters. The molecule has 0 saturated heterocycles. The number of unbranched alkanes of at least 4 members (excludes halogenated alkanes) is 34. The van der Waals surface area contributed by atoms with Gasteiger partial charge in [0.05, 0.1) is 18.8 Å². The predicted octanol–water partition coefficient (Wildman–Crippen LogP) is 16.2. The lowest BCUT2D eigenvalue weighted by atomic mass is 10.00. The van der Waals surface area contributed by atoms with Gasteiger partial charge in [-0.3, -0.25) is 4.79 Å². The Morgan fingerprint density at radius 1 is 0.391 bits per heavy atom. The molecule has 1 amide bonds. The molecule has 0 radical (unpaired) electrons. The van der Waals surface area contributed by atoms with Crippen LogP contribution in [0.4, 0.5) is 0 Å². The SMILES string of the molecule is CCCCCCCCCCC/C=C\C/C=C\CCCCCCCCC(O)C(=O)NC(CO)C(O)C(O)CCC/C=C/CC/C=C/CCCCCCCCCCCCCCCCCCC. The van der Waals surface area contributed by atoms with Crippen LogP contribution in [0.15, 0.2) is 48.6 Å². The number of rotatable bonds is 51. The lowest BCUT2D eigenvalue weighted by Gasteiger charge is -2.27. The summed E-state index contributed by atoms with van der Waals surface area (Å²) in [6, 6.07) is -1.02. The molecule has 64 heavy (non-hydrogen) atoms. The van der Waals surface area contributed by atoms with Crippen molar-refractivity contribution in [3.63, 3.8) is 0 Å². The van der Waals surface area contributed by atoms with Gasteiger partial charge >= 0.3 is 0 Å². The van der Waals surface area contributed by atoms with Gasteiger partial charge in [0.1, 0.15) is 12.2 Å². The van der Waals surface area contributed by atoms with Crippen molar-refractivity contribution in [2.24, 2.45) is 0 Å². The number of hydrogen-bond acceptors (Lipinski definition) is 5. The highest BCUT2D eigenvalue weighted by atomic mass is 16.3. The summed E-state index contributed by atoms with van der Waals surface area (Å²) in [6.45, 7) is 4.06. The largest absolute Gasteiger partial charge is 0.394 e. The highest BCUT2D eigenvalue weighted by Crippen LogP contribution is 2.16. The zero-order valence-corrected chi connectivity index (χ0v) is 42.5. The van der Waals surface area contributed by atoms with Crippen molar-refractivity contribution < 1.29 is 25.2 Å². The lowest BCUT2D eigenvalue weighted by Crippen LogP contribution is -2.53. The molecule has 0 aromatic rings. The molecule has 0 saturated carbocycles. The van der Waals surface area contributed by atoms with Crippen molar-refractivity contribution in [1.29, 1.82) is 0 Å². The van der Waals surface area contributed by atoms with Crippen molar-refractivity contribution in [1.82, 2.24) is 5.32 Å². The summed E-state index contributed by atoms with van der Waals surface area (Å²) < 4.78 is 0. The number of carbonyl (C=O) groups is 1. The molecule has 0 heterocycles. The topological polar surface area (TPSA) is 110 Å². The van der Waals surface area contributed by atoms with Gasteiger partial charge in [0, 0.05) is 0 Å². The molecule has 0 bridgehead atoms. The fourth-order valence-electron chi connectivity index (χ4n) is 8.57. The van der Waals surface area contributed by atoms with E-state index in [1.807, 2.05) is 0 Å². The van der Waals surface area contributed by atoms with Crippen LogP contribution < -0.4 is 5.32 Å². The summed E-state index contributed by atoms with van der Waals surface area (Å²) in [7, 11) is 0. The zero-order chi connectivity index (χ0) is 46.7. The lowest BCUT2D eigenvalue weighted by molar-refractivity contribution is -0.132. The maximum absolute atomic E-state index is 12.6. The first-order chi connectivity index (χ1) is 31.5. The van der Waals surface area contributed by atoms with Gasteiger partial charge in [0.2, 0.25) is 5.91 Å². The van der Waals surface area contributed by atoms with Crippen LogP contribution in [0.2, 0.25) is 0 Å². The van der Waals surface area contributed by atoms with Crippen molar-refractivity contribution in [3.05, 3.63) is 48.6 Å². The number of nitrogens with one attached hydrogen (secondary N) is 1. The summed E-state index contributed by atoms with van der Waals surface area (Å²) in [6.07, 6.45) is 66.1. The van der Waals surface area contributed by atoms with Crippen LogP contribution in [-0.2, 0) is 4.79 Å². The maximum Gasteiger partial charge on any atom is 0.249 e. The Balaban J connectivity index is 3.73. The summed E-state index contributed by atoms with van der Waals surface area (Å²) in [5, 5.41) is 43.9. The first-order valence-corrected chi connectivity index (χ1v) is 28.0. The first kappa shape index (κ1) is 62.3. The van der Waals surface area contributed by atoms with E-state index in [0.29, 0.717) is 19.3 Å². The Morgan fingerprint density at radius 3 is 1.08 bits per heavy atom. The number of aliphatic hydroxyl groups is 4. The average Bonchev–Trinajstić information content (AvgIpc) is 3.30. The highest BCUT2D eigenvalue weighted by molar-refractivity contribution is 5.80. The van der Waals surface area contributed by atoms with E-state index in [4.69, 9.17) is 0 Å². The minimum absolute atomic E-state index is 0.347. The van der Waals surface area contributed by atoms with Crippen LogP contribution >= 0.6 is 0 Å². The predicted molar refractivity (Wildman–Crippen MR) is 279 cm³/mol. The third kappa shape index (κ3) is 45.4. The molecule has 6 heteroatoms. The molecular weight excluding hydrogens is 791 g/mol. The summed E-state index contributed by atoms with van der Waals surface area (Å²) in [5.41, 5.74) is 0. The van der Waals surface area contributed by atoms with Crippen LogP contribution in [0.3, 0.4) is 0 Å². The van der Waals surface area contributed by atoms with E-state index in [1.165, 1.54) is 193 Å². The second kappa shape index (κ2) is 52.2. The molecule has 6 nitrogen and oxygen atoms in total. The van der Waals surface area contributed by atoms with Crippen molar-refractivity contribution in [2.45, 2.75) is 308 Å². The van der Waals surface area contributed by atoms with Crippen LogP contribution in [-0.4, -0.2) is 57.3 Å². The average molecular weight is 901 g/mol. The maximum atomic E-state index is 12.6. The van der Waals surface area contributed by atoms with Crippen LogP contribution in [0, 0.1) is 0 Å². The fraction of sp³-hybridized carbons (Fsp3) is 0.845. The van der Waals surface area contributed by atoms with E-state index in [-0.39, 0.29) is 0 Å². The molecule has 0 aliphatic carbocycles. The number of carbonyl (C=O) groups excluding carboxylic acids is 1. The van der Waals surface area contributed by atoms with E-state index in [9.17, 15) is 25.2 Å². The van der Waals surface area contributed by atoms with Gasteiger partial charge < -0.3 is 25.7 Å². The minimum Gasteiger partial charge on any atom is -0.394 e. The second-order valence-electron chi connectivity index (χ2n) is 19.3. The molecule has 0 spiro atoms. The van der Waals surface area contributed by atoms with Crippen molar-refractivity contribution >= 4 is 5.91 Å². The number of hydrogen-bond donors (Lipinski definition) is 5. The Labute approximate surface area is 398 Å². The Hall–Kier alpha value is -1.73. The molecule has 0 aliphatic heterocycles. The van der Waals surface area contributed by atoms with Gasteiger partial charge in [0.15, 0.2) is 0 Å². The van der Waals surface area contributed by atoms with E-state index in [1.54, 1.807) is 0 Å². The minimum atomic E-state index is -1.30. The van der Waals surface area contributed by atoms with Crippen LogP contribution in [0.5, 0.6) is 0 Å². The summed E-state index contributed by atoms with van der Waals surface area (Å²) in [4.78, 5) is 12.6. The number of aliphatic hydroxyl groups excluding tert-OH is 4. The number of allylic oxidation sites excluding steroid dienone is 8. The molecule has 4 atom stereocenters. The normalized spacial score (nSPS) is 14.2. The monoisotopic (exact) mass is 900 g/mol. The zero-order valence-electron chi connectivity index (χ0n) is 42.5. The Kier molecular flexibility index (Phi) is 50.8. The van der Waals surface area contributed by atoms with Gasteiger partial charge in [0.25, 0.3) is 0 Å². The van der Waals surface area contributed by atoms with Gasteiger partial charge in [-0.25, -0.2) is 0 Å². The summed E-state index contributed by atoms with van der Waals surface area (Å²) in [5.74, 6) is -0.604. The van der Waals surface area contributed by atoms with Gasteiger partial charge in [-0.2, -0.15) is 0 Å². The molecule has 376 valence electrons. The molecule has 0 aromatic heterocycles. The van der Waals surface area contributed by atoms with Crippen molar-refractivity contribution in [3.8, 4) is 0 Å². The number of amides is 1. The second-order valence-corrected chi connectivity index (χ2v) is 19.3. The van der Waals surface area contributed by atoms with Crippen LogP contribution in [0.1, 0.15) is 284 Å².